The van der Waals surface area contributed by atoms with Crippen LogP contribution in [-0.4, -0.2) is 31.7 Å². The molecule has 3 nitrogen and oxygen atoms in total. The van der Waals surface area contributed by atoms with Gasteiger partial charge in [0.2, 0.25) is 10.0 Å². The van der Waals surface area contributed by atoms with Gasteiger partial charge in [0.25, 0.3) is 0 Å². The van der Waals surface area contributed by atoms with Crippen molar-refractivity contribution in [3.05, 3.63) is 29.8 Å². The Morgan fingerprint density at radius 2 is 2.00 bits per heavy atom. The molecule has 5 heteroatoms. The molecule has 0 amide bonds. The van der Waals surface area contributed by atoms with Crippen LogP contribution in [0.5, 0.6) is 0 Å². The minimum absolute atomic E-state index is 0.384. The summed E-state index contributed by atoms with van der Waals surface area (Å²) in [6.45, 7) is 3.35. The Kier molecular flexibility index (Phi) is 4.30. The third-order valence-corrected chi connectivity index (χ3v) is 5.40. The quantitative estimate of drug-likeness (QED) is 0.798. The monoisotopic (exact) mass is 287 g/mol. The minimum atomic E-state index is -3.30. The van der Waals surface area contributed by atoms with Crippen molar-refractivity contribution in [2.24, 2.45) is 5.92 Å². The molecule has 1 heterocycles. The summed E-state index contributed by atoms with van der Waals surface area (Å²) < 4.78 is 26.3. The molecule has 1 atom stereocenters. The second kappa shape index (κ2) is 5.59. The third kappa shape index (κ3) is 2.87. The normalized spacial score (nSPS) is 21.3. The van der Waals surface area contributed by atoms with E-state index in [4.69, 9.17) is 11.6 Å². The van der Waals surface area contributed by atoms with E-state index in [1.165, 1.54) is 0 Å². The zero-order valence-electron chi connectivity index (χ0n) is 10.5. The van der Waals surface area contributed by atoms with Crippen LogP contribution >= 0.6 is 11.6 Å². The van der Waals surface area contributed by atoms with Crippen LogP contribution in [0.3, 0.4) is 0 Å². The van der Waals surface area contributed by atoms with Crippen molar-refractivity contribution in [3.8, 4) is 0 Å². The molecule has 0 spiro atoms. The van der Waals surface area contributed by atoms with Gasteiger partial charge < -0.3 is 0 Å². The van der Waals surface area contributed by atoms with E-state index in [-0.39, 0.29) is 0 Å². The summed E-state index contributed by atoms with van der Waals surface area (Å²) in [7, 11) is -3.30. The van der Waals surface area contributed by atoms with Crippen molar-refractivity contribution in [3.63, 3.8) is 0 Å². The van der Waals surface area contributed by atoms with Crippen LogP contribution in [0.4, 0.5) is 0 Å². The molecule has 1 aliphatic heterocycles. The lowest BCUT2D eigenvalue weighted by Gasteiger charge is -2.16. The first-order chi connectivity index (χ1) is 8.54. The molecule has 0 aliphatic carbocycles. The lowest BCUT2D eigenvalue weighted by Crippen LogP contribution is -2.28. The Balaban J connectivity index is 2.19. The average Bonchev–Trinajstić information content (AvgIpc) is 2.78. The lowest BCUT2D eigenvalue weighted by molar-refractivity contribution is 0.464. The number of nitrogens with zero attached hydrogens (tertiary/aromatic N) is 1. The van der Waals surface area contributed by atoms with Gasteiger partial charge in [-0.25, -0.2) is 8.42 Å². The van der Waals surface area contributed by atoms with Gasteiger partial charge in [0.15, 0.2) is 0 Å². The number of hydrogen-bond donors (Lipinski definition) is 0. The highest BCUT2D eigenvalue weighted by atomic mass is 35.5. The topological polar surface area (TPSA) is 37.4 Å². The molecule has 1 aliphatic rings. The van der Waals surface area contributed by atoms with Crippen LogP contribution in [0.25, 0.3) is 0 Å². The molecule has 1 unspecified atom stereocenters. The number of aryl methyl sites for hydroxylation is 1. The van der Waals surface area contributed by atoms with Crippen LogP contribution in [0, 0.1) is 5.92 Å². The summed E-state index contributed by atoms with van der Waals surface area (Å²) in [6, 6.07) is 7.05. The van der Waals surface area contributed by atoms with Gasteiger partial charge in [0, 0.05) is 19.0 Å². The fourth-order valence-corrected chi connectivity index (χ4v) is 3.99. The lowest BCUT2D eigenvalue weighted by atomic mass is 10.2. The number of benzene rings is 1. The highest BCUT2D eigenvalue weighted by molar-refractivity contribution is 7.89. The number of alkyl halides is 1. The summed E-state index contributed by atoms with van der Waals surface area (Å²) in [5, 5.41) is 0. The molecular weight excluding hydrogens is 270 g/mol. The summed E-state index contributed by atoms with van der Waals surface area (Å²) in [4.78, 5) is 0.384. The van der Waals surface area contributed by atoms with Gasteiger partial charge >= 0.3 is 0 Å². The molecule has 1 aromatic carbocycles. The highest BCUT2D eigenvalue weighted by Crippen LogP contribution is 2.24. The fraction of sp³-hybridized carbons (Fsp3) is 0.538. The molecule has 0 saturated carbocycles. The van der Waals surface area contributed by atoms with E-state index < -0.39 is 10.0 Å². The summed E-state index contributed by atoms with van der Waals surface area (Å²) in [5.41, 5.74) is 1.07. The molecule has 1 aromatic rings. The van der Waals surface area contributed by atoms with Gasteiger partial charge in [-0.3, -0.25) is 0 Å². The van der Waals surface area contributed by atoms with Crippen molar-refractivity contribution in [1.82, 2.24) is 4.31 Å². The Bertz CT molecular complexity index is 498. The second-order valence-corrected chi connectivity index (χ2v) is 7.16. The Labute approximate surface area is 114 Å². The van der Waals surface area contributed by atoms with E-state index in [1.54, 1.807) is 16.4 Å². The van der Waals surface area contributed by atoms with Crippen molar-refractivity contribution >= 4 is 21.6 Å². The summed E-state index contributed by atoms with van der Waals surface area (Å²) >= 11 is 5.66. The van der Waals surface area contributed by atoms with Crippen molar-refractivity contribution in [2.75, 3.05) is 19.0 Å². The maximum absolute atomic E-state index is 12.3. The molecule has 0 radical (unpaired) electrons. The van der Waals surface area contributed by atoms with Crippen LogP contribution in [0.1, 0.15) is 18.9 Å². The molecule has 2 rings (SSSR count). The smallest absolute Gasteiger partial charge is 0.207 e. The second-order valence-electron chi connectivity index (χ2n) is 4.84. The third-order valence-electron chi connectivity index (χ3n) is 3.33. The minimum Gasteiger partial charge on any atom is -0.207 e. The van der Waals surface area contributed by atoms with Crippen LogP contribution < -0.4 is 0 Å². The first-order valence-electron chi connectivity index (χ1n) is 6.19. The Morgan fingerprint density at radius 1 is 1.33 bits per heavy atom. The van der Waals surface area contributed by atoms with Crippen molar-refractivity contribution in [2.45, 2.75) is 24.7 Å². The van der Waals surface area contributed by atoms with E-state index in [9.17, 15) is 8.42 Å². The number of rotatable bonds is 4. The fourth-order valence-electron chi connectivity index (χ4n) is 2.20. The van der Waals surface area contributed by atoms with Gasteiger partial charge in [0.1, 0.15) is 0 Å². The van der Waals surface area contributed by atoms with E-state index in [0.717, 1.165) is 18.4 Å². The molecule has 100 valence electrons. The first-order valence-corrected chi connectivity index (χ1v) is 8.16. The van der Waals surface area contributed by atoms with E-state index in [1.807, 2.05) is 12.1 Å². The van der Waals surface area contributed by atoms with Gasteiger partial charge in [-0.1, -0.05) is 19.1 Å². The molecule has 0 bridgehead atoms. The van der Waals surface area contributed by atoms with E-state index >= 15 is 0 Å². The first kappa shape index (κ1) is 13.8. The molecule has 0 N–H and O–H groups in total. The van der Waals surface area contributed by atoms with Crippen molar-refractivity contribution < 1.29 is 8.42 Å². The number of sulfonamides is 1. The van der Waals surface area contributed by atoms with Crippen LogP contribution in [0.2, 0.25) is 0 Å². The predicted octanol–water partition coefficient (Wildman–Crippen LogP) is 2.50. The van der Waals surface area contributed by atoms with Gasteiger partial charge in [-0.15, -0.1) is 11.6 Å². The Morgan fingerprint density at radius 3 is 2.50 bits per heavy atom. The molecule has 1 fully saturated rings. The van der Waals surface area contributed by atoms with Crippen LogP contribution in [-0.2, 0) is 16.4 Å². The van der Waals surface area contributed by atoms with Gasteiger partial charge in [-0.2, -0.15) is 4.31 Å². The zero-order chi connectivity index (χ0) is 13.2. The molecule has 1 saturated heterocycles. The SMILES string of the molecule is CC1CCN(S(=O)(=O)c2ccc(CCCl)cc2)C1. The number of hydrogen-bond acceptors (Lipinski definition) is 2. The van der Waals surface area contributed by atoms with Crippen LogP contribution in [0.15, 0.2) is 29.2 Å². The highest BCUT2D eigenvalue weighted by Gasteiger charge is 2.30. The van der Waals surface area contributed by atoms with Gasteiger partial charge in [0.05, 0.1) is 4.90 Å². The average molecular weight is 288 g/mol. The van der Waals surface area contributed by atoms with E-state index in [2.05, 4.69) is 6.92 Å². The largest absolute Gasteiger partial charge is 0.243 e. The van der Waals surface area contributed by atoms with E-state index in [0.29, 0.717) is 29.8 Å². The summed E-state index contributed by atoms with van der Waals surface area (Å²) in [5.74, 6) is 1.01. The van der Waals surface area contributed by atoms with Crippen molar-refractivity contribution in [1.29, 1.82) is 0 Å². The number of halogens is 1. The molecular formula is C13H18ClNO2S. The predicted molar refractivity (Wildman–Crippen MR) is 73.4 cm³/mol. The standard InChI is InChI=1S/C13H18ClNO2S/c1-11-7-9-15(10-11)18(16,17)13-4-2-12(3-5-13)6-8-14/h2-5,11H,6-10H2,1H3. The zero-order valence-corrected chi connectivity index (χ0v) is 12.0. The summed E-state index contributed by atoms with van der Waals surface area (Å²) in [6.07, 6.45) is 1.71. The Hall–Kier alpha value is -0.580. The van der Waals surface area contributed by atoms with Gasteiger partial charge in [-0.05, 0) is 36.5 Å². The molecule has 18 heavy (non-hydrogen) atoms. The maximum atomic E-state index is 12.3. The molecule has 0 aromatic heterocycles. The maximum Gasteiger partial charge on any atom is 0.243 e.